The molecule has 9 nitrogen and oxygen atoms in total. The zero-order valence-electron chi connectivity index (χ0n) is 10.8. The number of anilines is 1. The maximum atomic E-state index is 10.1. The van der Waals surface area contributed by atoms with Gasteiger partial charge in [0.1, 0.15) is 36.1 Å². The Hall–Kier alpha value is -2.07. The van der Waals surface area contributed by atoms with Crippen molar-refractivity contribution >= 4 is 28.9 Å². The van der Waals surface area contributed by atoms with Crippen molar-refractivity contribution in [2.45, 2.75) is 24.5 Å². The molecule has 4 heterocycles. The number of ether oxygens (including phenoxy) is 1. The molecule has 0 amide bonds. The van der Waals surface area contributed by atoms with Gasteiger partial charge in [0.05, 0.1) is 24.0 Å². The minimum Gasteiger partial charge on any atom is -0.394 e. The van der Waals surface area contributed by atoms with Gasteiger partial charge in [-0.3, -0.25) is 0 Å². The third kappa shape index (κ3) is 1.69. The Bertz CT molecular complexity index is 730. The maximum absolute atomic E-state index is 10.1. The molecular weight excluding hydrogens is 278 g/mol. The summed E-state index contributed by atoms with van der Waals surface area (Å²) in [6.07, 6.45) is 0.594. The van der Waals surface area contributed by atoms with Gasteiger partial charge in [-0.2, -0.15) is 0 Å². The van der Waals surface area contributed by atoms with Gasteiger partial charge in [-0.1, -0.05) is 0 Å². The van der Waals surface area contributed by atoms with Crippen molar-refractivity contribution in [3.8, 4) is 0 Å². The van der Waals surface area contributed by atoms with Crippen LogP contribution >= 0.6 is 0 Å². The van der Waals surface area contributed by atoms with Gasteiger partial charge >= 0.3 is 0 Å². The van der Waals surface area contributed by atoms with E-state index in [0.29, 0.717) is 17.2 Å². The smallest absolute Gasteiger partial charge is 0.164 e. The third-order valence-corrected chi connectivity index (χ3v) is 3.79. The molecule has 4 rings (SSSR count). The molecule has 21 heavy (non-hydrogen) atoms. The zero-order chi connectivity index (χ0) is 14.6. The Morgan fingerprint density at radius 1 is 1.29 bits per heavy atom. The highest BCUT2D eigenvalue weighted by Gasteiger charge is 2.44. The van der Waals surface area contributed by atoms with Gasteiger partial charge in [0.2, 0.25) is 0 Å². The van der Waals surface area contributed by atoms with Gasteiger partial charge in [0.15, 0.2) is 6.23 Å². The van der Waals surface area contributed by atoms with Crippen molar-refractivity contribution in [2.75, 3.05) is 11.9 Å². The van der Waals surface area contributed by atoms with E-state index in [1.54, 1.807) is 10.8 Å². The molecule has 4 atom stereocenters. The van der Waals surface area contributed by atoms with Crippen LogP contribution in [0.4, 0.5) is 11.5 Å². The van der Waals surface area contributed by atoms with Gasteiger partial charge in [0.25, 0.3) is 0 Å². The van der Waals surface area contributed by atoms with Crippen LogP contribution in [0.1, 0.15) is 6.23 Å². The lowest BCUT2D eigenvalue weighted by Crippen LogP contribution is -2.33. The van der Waals surface area contributed by atoms with E-state index in [-0.39, 0.29) is 6.61 Å². The van der Waals surface area contributed by atoms with Crippen LogP contribution in [0, 0.1) is 0 Å². The molecule has 9 heteroatoms. The van der Waals surface area contributed by atoms with Gasteiger partial charge < -0.3 is 29.9 Å². The number of rotatable bonds is 2. The van der Waals surface area contributed by atoms with Crippen LogP contribution in [-0.2, 0) is 4.74 Å². The van der Waals surface area contributed by atoms with Crippen LogP contribution in [0.25, 0.3) is 11.0 Å². The highest BCUT2D eigenvalue weighted by Crippen LogP contribution is 2.39. The number of aromatic nitrogens is 3. The molecular formula is C12H13N5O4. The molecule has 2 aromatic rings. The van der Waals surface area contributed by atoms with E-state index in [4.69, 9.17) is 4.74 Å². The molecule has 0 saturated carbocycles. The average molecular weight is 291 g/mol. The fourth-order valence-electron chi connectivity index (χ4n) is 2.74. The summed E-state index contributed by atoms with van der Waals surface area (Å²) in [5.41, 5.74) is 1.19. The first-order valence-electron chi connectivity index (χ1n) is 6.48. The first-order valence-corrected chi connectivity index (χ1v) is 6.48. The van der Waals surface area contributed by atoms with E-state index < -0.39 is 24.5 Å². The predicted molar refractivity (Wildman–Crippen MR) is 72.3 cm³/mol. The summed E-state index contributed by atoms with van der Waals surface area (Å²) in [5.74, 6) is 0.621. The molecule has 1 fully saturated rings. The molecule has 4 N–H and O–H groups in total. The van der Waals surface area contributed by atoms with Crippen LogP contribution < -0.4 is 5.32 Å². The number of aliphatic imine (C=N–C) groups is 1. The summed E-state index contributed by atoms with van der Waals surface area (Å²) < 4.78 is 7.13. The van der Waals surface area contributed by atoms with Crippen molar-refractivity contribution in [1.29, 1.82) is 0 Å². The van der Waals surface area contributed by atoms with E-state index in [1.807, 2.05) is 0 Å². The number of aliphatic hydroxyl groups is 3. The fraction of sp³-hybridized carbons (Fsp3) is 0.417. The molecule has 0 radical (unpaired) electrons. The summed E-state index contributed by atoms with van der Waals surface area (Å²) >= 11 is 0. The van der Waals surface area contributed by atoms with Crippen LogP contribution in [0.2, 0.25) is 0 Å². The monoisotopic (exact) mass is 291 g/mol. The SMILES string of the molecule is OCC1OC(n2cc3c4c(ncnc42)NC=N3)C(O)C1O. The summed E-state index contributed by atoms with van der Waals surface area (Å²) in [6.45, 7) is -0.374. The number of hydrogen-bond acceptors (Lipinski definition) is 8. The van der Waals surface area contributed by atoms with Crippen LogP contribution in [0.5, 0.6) is 0 Å². The number of hydrogen-bond donors (Lipinski definition) is 4. The lowest BCUT2D eigenvalue weighted by Gasteiger charge is -2.17. The van der Waals surface area contributed by atoms with Crippen molar-refractivity contribution in [2.24, 2.45) is 4.99 Å². The van der Waals surface area contributed by atoms with Crippen LogP contribution in [-0.4, -0.2) is 61.1 Å². The lowest BCUT2D eigenvalue weighted by molar-refractivity contribution is -0.0508. The molecule has 0 aromatic carbocycles. The number of nitrogens with zero attached hydrogens (tertiary/aromatic N) is 4. The van der Waals surface area contributed by atoms with Gasteiger partial charge in [-0.15, -0.1) is 0 Å². The van der Waals surface area contributed by atoms with E-state index >= 15 is 0 Å². The molecule has 2 aromatic heterocycles. The van der Waals surface area contributed by atoms with E-state index in [9.17, 15) is 15.3 Å². The number of aliphatic hydroxyl groups excluding tert-OH is 3. The topological polar surface area (TPSA) is 125 Å². The normalized spacial score (nSPS) is 30.8. The first-order chi connectivity index (χ1) is 10.2. The Morgan fingerprint density at radius 2 is 2.14 bits per heavy atom. The molecule has 1 saturated heterocycles. The molecule has 110 valence electrons. The van der Waals surface area contributed by atoms with Gasteiger partial charge in [0, 0.05) is 6.20 Å². The second-order valence-electron chi connectivity index (χ2n) is 4.97. The van der Waals surface area contributed by atoms with Crippen molar-refractivity contribution in [1.82, 2.24) is 14.5 Å². The van der Waals surface area contributed by atoms with Crippen LogP contribution in [0.15, 0.2) is 17.5 Å². The Balaban J connectivity index is 1.85. The highest BCUT2D eigenvalue weighted by molar-refractivity contribution is 6.05. The van der Waals surface area contributed by atoms with E-state index in [0.717, 1.165) is 5.39 Å². The van der Waals surface area contributed by atoms with E-state index in [2.05, 4.69) is 20.3 Å². The standard InChI is InChI=1S/C12H13N5O4/c18-2-6-8(19)9(20)12(21-6)17-1-5-7-10(14-3-13-5)15-4-16-11(7)17/h1,3-4,6,8-9,12,18-20H,2H2,(H,13,14,15,16). The molecule has 0 bridgehead atoms. The van der Waals surface area contributed by atoms with Crippen molar-refractivity contribution in [3.63, 3.8) is 0 Å². The second kappa shape index (κ2) is 4.46. The summed E-state index contributed by atoms with van der Waals surface area (Å²) in [6, 6.07) is 0. The van der Waals surface area contributed by atoms with Crippen molar-refractivity contribution < 1.29 is 20.1 Å². The van der Waals surface area contributed by atoms with Gasteiger partial charge in [-0.05, 0) is 0 Å². The molecule has 2 aliphatic rings. The van der Waals surface area contributed by atoms with E-state index in [1.165, 1.54) is 12.7 Å². The number of nitrogens with one attached hydrogen (secondary N) is 1. The highest BCUT2D eigenvalue weighted by atomic mass is 16.6. The lowest BCUT2D eigenvalue weighted by atomic mass is 10.1. The Labute approximate surface area is 118 Å². The van der Waals surface area contributed by atoms with Crippen LogP contribution in [0.3, 0.4) is 0 Å². The minimum atomic E-state index is -1.17. The summed E-state index contributed by atoms with van der Waals surface area (Å²) in [4.78, 5) is 12.5. The maximum Gasteiger partial charge on any atom is 0.164 e. The van der Waals surface area contributed by atoms with Gasteiger partial charge in [-0.25, -0.2) is 15.0 Å². The van der Waals surface area contributed by atoms with Crippen molar-refractivity contribution in [3.05, 3.63) is 12.5 Å². The minimum absolute atomic E-state index is 0.374. The molecule has 2 aliphatic heterocycles. The zero-order valence-corrected chi connectivity index (χ0v) is 10.8. The predicted octanol–water partition coefficient (Wildman–Crippen LogP) is -0.872. The fourth-order valence-corrected chi connectivity index (χ4v) is 2.74. The summed E-state index contributed by atoms with van der Waals surface area (Å²) in [5, 5.41) is 32.8. The third-order valence-electron chi connectivity index (χ3n) is 3.79. The molecule has 0 aliphatic carbocycles. The quantitative estimate of drug-likeness (QED) is 0.566. The Morgan fingerprint density at radius 3 is 2.90 bits per heavy atom. The average Bonchev–Trinajstić information content (AvgIpc) is 3.01. The second-order valence-corrected chi connectivity index (χ2v) is 4.97. The largest absolute Gasteiger partial charge is 0.394 e. The first kappa shape index (κ1) is 12.7. The molecule has 0 spiro atoms. The Kier molecular flexibility index (Phi) is 2.69. The summed E-state index contributed by atoms with van der Waals surface area (Å²) in [7, 11) is 0. The molecule has 4 unspecified atom stereocenters.